The second-order valence-electron chi connectivity index (χ2n) is 3.38. The van der Waals surface area contributed by atoms with Crippen LogP contribution >= 0.6 is 0 Å². The third kappa shape index (κ3) is 2.85. The molecule has 0 saturated heterocycles. The molecule has 0 aliphatic rings. The van der Waals surface area contributed by atoms with Crippen LogP contribution < -0.4 is 5.73 Å². The van der Waals surface area contributed by atoms with Gasteiger partial charge in [0.1, 0.15) is 0 Å². The van der Waals surface area contributed by atoms with Gasteiger partial charge < -0.3 is 10.5 Å². The van der Waals surface area contributed by atoms with Crippen LogP contribution in [0, 0.1) is 0 Å². The van der Waals surface area contributed by atoms with Gasteiger partial charge in [-0.3, -0.25) is 4.79 Å². The Bertz CT molecular complexity index is 295. The molecule has 3 nitrogen and oxygen atoms in total. The van der Waals surface area contributed by atoms with Crippen LogP contribution in [0.25, 0.3) is 0 Å². The summed E-state index contributed by atoms with van der Waals surface area (Å²) < 4.78 is 5.42. The maximum Gasteiger partial charge on any atom is 0.251 e. The summed E-state index contributed by atoms with van der Waals surface area (Å²) in [5, 5.41) is 0. The molecule has 14 heavy (non-hydrogen) atoms. The number of amides is 1. The van der Waals surface area contributed by atoms with E-state index in [4.69, 9.17) is 10.5 Å². The summed E-state index contributed by atoms with van der Waals surface area (Å²) in [6, 6.07) is 9.26. The first-order valence-electron chi connectivity index (χ1n) is 4.61. The summed E-state index contributed by atoms with van der Waals surface area (Å²) in [5.74, 6) is -0.454. The predicted molar refractivity (Wildman–Crippen MR) is 54.6 cm³/mol. The van der Waals surface area contributed by atoms with E-state index in [1.807, 2.05) is 44.2 Å². The lowest BCUT2D eigenvalue weighted by Gasteiger charge is -2.17. The summed E-state index contributed by atoms with van der Waals surface area (Å²) in [4.78, 5) is 11.1. The lowest BCUT2D eigenvalue weighted by Crippen LogP contribution is -2.26. The largest absolute Gasteiger partial charge is 0.367 e. The smallest absolute Gasteiger partial charge is 0.251 e. The summed E-state index contributed by atoms with van der Waals surface area (Å²) in [6.45, 7) is 3.75. The fraction of sp³-hybridized carbons (Fsp3) is 0.364. The summed E-state index contributed by atoms with van der Waals surface area (Å²) in [5.41, 5.74) is 6.05. The monoisotopic (exact) mass is 193 g/mol. The number of hydrogen-bond acceptors (Lipinski definition) is 2. The van der Waals surface area contributed by atoms with Crippen molar-refractivity contribution >= 4 is 5.91 Å². The molecule has 0 aliphatic carbocycles. The molecule has 1 amide bonds. The van der Waals surface area contributed by atoms with E-state index in [1.54, 1.807) is 0 Å². The standard InChI is InChI=1S/C11H15NO2/c1-8(2)14-10(11(12)13)9-6-4-3-5-7-9/h3-8,10H,1-2H3,(H2,12,13). The molecule has 0 saturated carbocycles. The maximum atomic E-state index is 11.1. The van der Waals surface area contributed by atoms with Gasteiger partial charge in [0.25, 0.3) is 5.91 Å². The molecular formula is C11H15NO2. The minimum atomic E-state index is -0.642. The lowest BCUT2D eigenvalue weighted by molar-refractivity contribution is -0.132. The Morgan fingerprint density at radius 1 is 1.29 bits per heavy atom. The van der Waals surface area contributed by atoms with Crippen molar-refractivity contribution in [3.05, 3.63) is 35.9 Å². The molecule has 3 heteroatoms. The van der Waals surface area contributed by atoms with Crippen LogP contribution in [0.5, 0.6) is 0 Å². The fourth-order valence-electron chi connectivity index (χ4n) is 1.21. The number of hydrogen-bond donors (Lipinski definition) is 1. The minimum Gasteiger partial charge on any atom is -0.367 e. The molecule has 0 radical (unpaired) electrons. The zero-order chi connectivity index (χ0) is 10.6. The number of ether oxygens (including phenoxy) is 1. The molecular weight excluding hydrogens is 178 g/mol. The van der Waals surface area contributed by atoms with Gasteiger partial charge in [-0.2, -0.15) is 0 Å². The van der Waals surface area contributed by atoms with E-state index in [1.165, 1.54) is 0 Å². The highest BCUT2D eigenvalue weighted by Crippen LogP contribution is 2.18. The van der Waals surface area contributed by atoms with Crippen LogP contribution in [-0.4, -0.2) is 12.0 Å². The topological polar surface area (TPSA) is 52.3 Å². The molecule has 0 aromatic heterocycles. The van der Waals surface area contributed by atoms with Gasteiger partial charge in [-0.1, -0.05) is 30.3 Å². The van der Waals surface area contributed by atoms with E-state index in [0.29, 0.717) is 0 Å². The average molecular weight is 193 g/mol. The number of nitrogens with two attached hydrogens (primary N) is 1. The number of primary amides is 1. The van der Waals surface area contributed by atoms with Crippen molar-refractivity contribution in [3.8, 4) is 0 Å². The molecule has 1 atom stereocenters. The van der Waals surface area contributed by atoms with Gasteiger partial charge in [0.2, 0.25) is 0 Å². The van der Waals surface area contributed by atoms with Gasteiger partial charge in [-0.25, -0.2) is 0 Å². The van der Waals surface area contributed by atoms with Gasteiger partial charge in [0.05, 0.1) is 6.10 Å². The van der Waals surface area contributed by atoms with E-state index < -0.39 is 12.0 Å². The average Bonchev–Trinajstić information content (AvgIpc) is 2.15. The summed E-state index contributed by atoms with van der Waals surface area (Å²) in [6.07, 6.45) is -0.663. The first kappa shape index (κ1) is 10.7. The third-order valence-corrected chi connectivity index (χ3v) is 1.77. The van der Waals surface area contributed by atoms with Gasteiger partial charge in [-0.15, -0.1) is 0 Å². The normalized spacial score (nSPS) is 12.8. The predicted octanol–water partition coefficient (Wildman–Crippen LogP) is 1.64. The molecule has 1 unspecified atom stereocenters. The van der Waals surface area contributed by atoms with Crippen LogP contribution in [-0.2, 0) is 9.53 Å². The zero-order valence-corrected chi connectivity index (χ0v) is 8.44. The van der Waals surface area contributed by atoms with Gasteiger partial charge in [-0.05, 0) is 19.4 Å². The van der Waals surface area contributed by atoms with E-state index >= 15 is 0 Å². The molecule has 1 aromatic rings. The van der Waals surface area contributed by atoms with E-state index in [2.05, 4.69) is 0 Å². The van der Waals surface area contributed by atoms with E-state index in [-0.39, 0.29) is 6.10 Å². The first-order valence-corrected chi connectivity index (χ1v) is 4.61. The number of benzene rings is 1. The molecule has 0 bridgehead atoms. The van der Waals surface area contributed by atoms with Crippen molar-refractivity contribution in [1.82, 2.24) is 0 Å². The highest BCUT2D eigenvalue weighted by atomic mass is 16.5. The molecule has 2 N–H and O–H groups in total. The summed E-state index contributed by atoms with van der Waals surface area (Å²) in [7, 11) is 0. The fourth-order valence-corrected chi connectivity index (χ4v) is 1.21. The molecule has 0 aliphatic heterocycles. The molecule has 0 heterocycles. The van der Waals surface area contributed by atoms with Crippen LogP contribution in [0.1, 0.15) is 25.5 Å². The molecule has 0 fully saturated rings. The Hall–Kier alpha value is -1.35. The van der Waals surface area contributed by atoms with E-state index in [9.17, 15) is 4.79 Å². The van der Waals surface area contributed by atoms with Crippen molar-refractivity contribution in [1.29, 1.82) is 0 Å². The first-order chi connectivity index (χ1) is 6.61. The Morgan fingerprint density at radius 3 is 2.29 bits per heavy atom. The zero-order valence-electron chi connectivity index (χ0n) is 8.44. The highest BCUT2D eigenvalue weighted by Gasteiger charge is 2.18. The van der Waals surface area contributed by atoms with Crippen LogP contribution in [0.2, 0.25) is 0 Å². The second kappa shape index (κ2) is 4.77. The summed E-state index contributed by atoms with van der Waals surface area (Å²) >= 11 is 0. The highest BCUT2D eigenvalue weighted by molar-refractivity contribution is 5.80. The maximum absolute atomic E-state index is 11.1. The van der Waals surface area contributed by atoms with Crippen molar-refractivity contribution < 1.29 is 9.53 Å². The minimum absolute atomic E-state index is 0.0206. The number of carbonyl (C=O) groups excluding carboxylic acids is 1. The van der Waals surface area contributed by atoms with Crippen molar-refractivity contribution in [2.24, 2.45) is 5.73 Å². The lowest BCUT2D eigenvalue weighted by atomic mass is 10.1. The Balaban J connectivity index is 2.84. The SMILES string of the molecule is CC(C)OC(C(N)=O)c1ccccc1. The van der Waals surface area contributed by atoms with Gasteiger partial charge >= 0.3 is 0 Å². The third-order valence-electron chi connectivity index (χ3n) is 1.77. The van der Waals surface area contributed by atoms with Crippen molar-refractivity contribution in [2.45, 2.75) is 26.1 Å². The Labute approximate surface area is 83.9 Å². The Kier molecular flexibility index (Phi) is 3.65. The second-order valence-corrected chi connectivity index (χ2v) is 3.38. The molecule has 1 aromatic carbocycles. The van der Waals surface area contributed by atoms with Crippen LogP contribution in [0.4, 0.5) is 0 Å². The van der Waals surface area contributed by atoms with Gasteiger partial charge in [0, 0.05) is 0 Å². The van der Waals surface area contributed by atoms with Crippen LogP contribution in [0.15, 0.2) is 30.3 Å². The molecule has 0 spiro atoms. The number of carbonyl (C=O) groups is 1. The van der Waals surface area contributed by atoms with Crippen molar-refractivity contribution in [3.63, 3.8) is 0 Å². The van der Waals surface area contributed by atoms with Crippen molar-refractivity contribution in [2.75, 3.05) is 0 Å². The molecule has 1 rings (SSSR count). The van der Waals surface area contributed by atoms with Gasteiger partial charge in [0.15, 0.2) is 6.10 Å². The Morgan fingerprint density at radius 2 is 1.86 bits per heavy atom. The quantitative estimate of drug-likeness (QED) is 0.790. The van der Waals surface area contributed by atoms with E-state index in [0.717, 1.165) is 5.56 Å². The van der Waals surface area contributed by atoms with Crippen LogP contribution in [0.3, 0.4) is 0 Å². The molecule has 76 valence electrons. The number of rotatable bonds is 4.